The third-order valence-electron chi connectivity index (χ3n) is 9.54. The van der Waals surface area contributed by atoms with E-state index in [9.17, 15) is 18.0 Å². The molecule has 2 aromatic carbocycles. The summed E-state index contributed by atoms with van der Waals surface area (Å²) in [5.41, 5.74) is 3.18. The number of carbonyl (C=O) groups is 1. The van der Waals surface area contributed by atoms with Gasteiger partial charge in [0, 0.05) is 37.4 Å². The van der Waals surface area contributed by atoms with Gasteiger partial charge < -0.3 is 19.9 Å². The summed E-state index contributed by atoms with van der Waals surface area (Å²) in [7, 11) is 3.56. The van der Waals surface area contributed by atoms with Crippen molar-refractivity contribution < 1.29 is 22.7 Å². The predicted octanol–water partition coefficient (Wildman–Crippen LogP) is 6.35. The number of nitrogens with zero attached hydrogens (tertiary/aromatic N) is 4. The van der Waals surface area contributed by atoms with Crippen LogP contribution < -0.4 is 15.2 Å². The molecule has 1 amide bonds. The first-order valence-electron chi connectivity index (χ1n) is 14.5. The van der Waals surface area contributed by atoms with Crippen LogP contribution >= 0.6 is 0 Å². The number of halogens is 3. The lowest BCUT2D eigenvalue weighted by Gasteiger charge is -2.39. The van der Waals surface area contributed by atoms with Gasteiger partial charge in [0.1, 0.15) is 12.5 Å². The monoisotopic (exact) mass is 569 g/mol. The molecule has 2 saturated carbocycles. The minimum Gasteiger partial charge on any atom is -0.380 e. The summed E-state index contributed by atoms with van der Waals surface area (Å²) in [6.07, 6.45) is 3.41. The van der Waals surface area contributed by atoms with Gasteiger partial charge in [0.05, 0.1) is 30.1 Å². The van der Waals surface area contributed by atoms with Crippen LogP contribution in [0.3, 0.4) is 0 Å². The summed E-state index contributed by atoms with van der Waals surface area (Å²) in [6.45, 7) is 4.54. The highest BCUT2D eigenvalue weighted by Crippen LogP contribution is 2.48. The Kier molecular flexibility index (Phi) is 7.05. The molecule has 0 bridgehead atoms. The van der Waals surface area contributed by atoms with Crippen LogP contribution in [-0.2, 0) is 30.6 Å². The minimum atomic E-state index is -4.58. The van der Waals surface area contributed by atoms with Crippen molar-refractivity contribution in [2.75, 3.05) is 24.1 Å². The number of nitrogens with one attached hydrogen (secondary N) is 1. The second kappa shape index (κ2) is 10.3. The highest BCUT2D eigenvalue weighted by atomic mass is 19.4. The third-order valence-corrected chi connectivity index (χ3v) is 9.54. The van der Waals surface area contributed by atoms with Gasteiger partial charge in [0.25, 0.3) is 5.91 Å². The Hall–Kier alpha value is -3.11. The minimum absolute atomic E-state index is 0.0264. The molecule has 1 atom stereocenters. The Bertz CT molecular complexity index is 1380. The zero-order valence-corrected chi connectivity index (χ0v) is 24.1. The van der Waals surface area contributed by atoms with E-state index in [4.69, 9.17) is 4.74 Å². The van der Waals surface area contributed by atoms with E-state index in [-0.39, 0.29) is 35.9 Å². The predicted molar refractivity (Wildman–Crippen MR) is 153 cm³/mol. The highest BCUT2D eigenvalue weighted by molar-refractivity contribution is 6.12. The van der Waals surface area contributed by atoms with E-state index < -0.39 is 17.6 Å². The van der Waals surface area contributed by atoms with E-state index in [0.717, 1.165) is 55.3 Å². The van der Waals surface area contributed by atoms with Gasteiger partial charge in [-0.2, -0.15) is 18.3 Å². The number of rotatable bonds is 8. The van der Waals surface area contributed by atoms with Gasteiger partial charge in [-0.15, -0.1) is 0 Å². The van der Waals surface area contributed by atoms with Gasteiger partial charge in [0.15, 0.2) is 0 Å². The van der Waals surface area contributed by atoms with Crippen molar-refractivity contribution in [1.82, 2.24) is 10.2 Å². The summed E-state index contributed by atoms with van der Waals surface area (Å²) in [6, 6.07) is 6.77. The van der Waals surface area contributed by atoms with Gasteiger partial charge in [-0.3, -0.25) is 4.79 Å². The Balaban J connectivity index is 1.44. The summed E-state index contributed by atoms with van der Waals surface area (Å²) < 4.78 is 48.9. The number of alkyl halides is 3. The van der Waals surface area contributed by atoms with E-state index in [1.54, 1.807) is 19.5 Å². The first kappa shape index (κ1) is 28.0. The number of benzene rings is 2. The molecule has 0 spiro atoms. The number of methoxy groups -OCH3 is 1. The van der Waals surface area contributed by atoms with E-state index in [2.05, 4.69) is 17.3 Å². The highest BCUT2D eigenvalue weighted by Gasteiger charge is 2.42. The maximum atomic E-state index is 14.4. The zero-order valence-electron chi connectivity index (χ0n) is 24.1. The van der Waals surface area contributed by atoms with Crippen LogP contribution in [0.5, 0.6) is 0 Å². The molecular weight excluding hydrogens is 531 g/mol. The van der Waals surface area contributed by atoms with Gasteiger partial charge >= 0.3 is 6.18 Å². The van der Waals surface area contributed by atoms with E-state index in [1.165, 1.54) is 11.0 Å². The first-order chi connectivity index (χ1) is 19.5. The number of carbonyl (C=O) groups excluding carboxylic acids is 1. The standard InChI is InChI=1S/C31H38F3N5O2/c1-19-37(3)18-36-39(19)28-25(17-41-4)22(21-7-5-8-21)9-10-27(28)38-16-24-23(29(38)40)13-20(14-26(24)31(32,33)34)15-35-30(2)11-6-12-30/h9-10,13-14,18-19,21,35H,5-8,11-12,15-17H2,1-4H3. The molecule has 6 rings (SSSR count). The number of anilines is 2. The van der Waals surface area contributed by atoms with Gasteiger partial charge in [-0.25, -0.2) is 5.01 Å². The number of fused-ring (bicyclic) bond motifs is 1. The van der Waals surface area contributed by atoms with Crippen LogP contribution in [0.15, 0.2) is 29.4 Å². The van der Waals surface area contributed by atoms with Gasteiger partial charge in [-0.1, -0.05) is 12.5 Å². The van der Waals surface area contributed by atoms with Gasteiger partial charge in [-0.05, 0) is 86.8 Å². The van der Waals surface area contributed by atoms with Crippen LogP contribution in [0.1, 0.15) is 96.5 Å². The fourth-order valence-corrected chi connectivity index (χ4v) is 6.48. The Labute approximate surface area is 239 Å². The molecule has 2 heterocycles. The molecule has 0 radical (unpaired) electrons. The van der Waals surface area contributed by atoms with Crippen molar-refractivity contribution in [2.45, 2.75) is 95.9 Å². The lowest BCUT2D eigenvalue weighted by atomic mass is 9.77. The Morgan fingerprint density at radius 3 is 2.49 bits per heavy atom. The summed E-state index contributed by atoms with van der Waals surface area (Å²) in [4.78, 5) is 17.5. The number of hydrogen-bond acceptors (Lipinski definition) is 6. The number of hydrazone groups is 1. The van der Waals surface area contributed by atoms with Crippen LogP contribution in [-0.4, -0.2) is 43.0 Å². The molecule has 2 aliphatic heterocycles. The molecule has 1 unspecified atom stereocenters. The number of ether oxygens (including phenoxy) is 1. The van der Waals surface area contributed by atoms with Gasteiger partial charge in [0.2, 0.25) is 0 Å². The Morgan fingerprint density at radius 1 is 1.17 bits per heavy atom. The molecule has 10 heteroatoms. The van der Waals surface area contributed by atoms with Crippen LogP contribution in [0.25, 0.3) is 0 Å². The number of hydrogen-bond donors (Lipinski definition) is 1. The van der Waals surface area contributed by atoms with Crippen LogP contribution in [0.4, 0.5) is 24.5 Å². The fraction of sp³-hybridized carbons (Fsp3) is 0.548. The quantitative estimate of drug-likeness (QED) is 0.401. The Morgan fingerprint density at radius 2 is 1.93 bits per heavy atom. The molecule has 7 nitrogen and oxygen atoms in total. The first-order valence-corrected chi connectivity index (χ1v) is 14.5. The van der Waals surface area contributed by atoms with Crippen LogP contribution in [0.2, 0.25) is 0 Å². The smallest absolute Gasteiger partial charge is 0.380 e. The molecular formula is C31H38F3N5O2. The summed E-state index contributed by atoms with van der Waals surface area (Å²) in [5.74, 6) is -0.0316. The van der Waals surface area contributed by atoms with Crippen molar-refractivity contribution in [3.05, 3.63) is 57.6 Å². The average molecular weight is 570 g/mol. The van der Waals surface area contributed by atoms with Crippen molar-refractivity contribution >= 4 is 23.6 Å². The van der Waals surface area contributed by atoms with Crippen molar-refractivity contribution in [3.63, 3.8) is 0 Å². The topological polar surface area (TPSA) is 60.4 Å². The molecule has 0 aromatic heterocycles. The summed E-state index contributed by atoms with van der Waals surface area (Å²) in [5, 5.41) is 9.92. The third kappa shape index (κ3) is 4.88. The maximum Gasteiger partial charge on any atom is 0.416 e. The van der Waals surface area contributed by atoms with E-state index >= 15 is 0 Å². The molecule has 1 N–H and O–H groups in total. The molecule has 41 heavy (non-hydrogen) atoms. The maximum absolute atomic E-state index is 14.4. The largest absolute Gasteiger partial charge is 0.416 e. The molecule has 220 valence electrons. The fourth-order valence-electron chi connectivity index (χ4n) is 6.48. The normalized spacial score (nSPS) is 21.9. The lowest BCUT2D eigenvalue weighted by Crippen LogP contribution is -2.47. The molecule has 2 aromatic rings. The summed E-state index contributed by atoms with van der Waals surface area (Å²) >= 11 is 0. The van der Waals surface area contributed by atoms with Crippen molar-refractivity contribution in [2.24, 2.45) is 5.10 Å². The van der Waals surface area contributed by atoms with Crippen molar-refractivity contribution in [3.8, 4) is 0 Å². The average Bonchev–Trinajstić information content (AvgIpc) is 3.38. The van der Waals surface area contributed by atoms with E-state index in [1.807, 2.05) is 36.0 Å². The molecule has 0 saturated heterocycles. The second-order valence-corrected chi connectivity index (χ2v) is 12.3. The zero-order chi connectivity index (χ0) is 29.1. The molecule has 2 aliphatic carbocycles. The molecule has 4 aliphatic rings. The van der Waals surface area contributed by atoms with Crippen LogP contribution in [0, 0.1) is 0 Å². The van der Waals surface area contributed by atoms with E-state index in [0.29, 0.717) is 23.8 Å². The lowest BCUT2D eigenvalue weighted by molar-refractivity contribution is -0.138. The number of amides is 1. The second-order valence-electron chi connectivity index (χ2n) is 12.3. The SMILES string of the molecule is COCc1c(C2CCC2)ccc(N2Cc3c(cc(CNC4(C)CCC4)cc3C(F)(F)F)C2=O)c1N1N=CN(C)C1C. The molecule has 2 fully saturated rings. The van der Waals surface area contributed by atoms with Crippen molar-refractivity contribution in [1.29, 1.82) is 0 Å².